The zero-order valence-corrected chi connectivity index (χ0v) is 12.7. The number of thiazole rings is 1. The SMILES string of the molecule is CCCNC(C)c1sc(C(CC)CC)nc1C. The van der Waals surface area contributed by atoms with Gasteiger partial charge in [0.15, 0.2) is 0 Å². The highest BCUT2D eigenvalue weighted by molar-refractivity contribution is 7.11. The van der Waals surface area contributed by atoms with Crippen LogP contribution in [0.1, 0.15) is 74.5 Å². The van der Waals surface area contributed by atoms with E-state index in [0.29, 0.717) is 12.0 Å². The van der Waals surface area contributed by atoms with Crippen molar-refractivity contribution in [3.05, 3.63) is 15.6 Å². The van der Waals surface area contributed by atoms with E-state index in [4.69, 9.17) is 4.98 Å². The molecule has 1 unspecified atom stereocenters. The molecule has 0 amide bonds. The summed E-state index contributed by atoms with van der Waals surface area (Å²) in [5.41, 5.74) is 1.22. The third kappa shape index (κ3) is 3.78. The van der Waals surface area contributed by atoms with Gasteiger partial charge in [-0.1, -0.05) is 20.8 Å². The number of hydrogen-bond donors (Lipinski definition) is 1. The van der Waals surface area contributed by atoms with Gasteiger partial charge < -0.3 is 5.32 Å². The second-order valence-corrected chi connectivity index (χ2v) is 5.75. The fourth-order valence-electron chi connectivity index (χ4n) is 2.10. The predicted octanol–water partition coefficient (Wildman–Crippen LogP) is 4.42. The van der Waals surface area contributed by atoms with E-state index >= 15 is 0 Å². The lowest BCUT2D eigenvalue weighted by Gasteiger charge is -2.11. The maximum absolute atomic E-state index is 4.76. The Kier molecular flexibility index (Phi) is 6.14. The van der Waals surface area contributed by atoms with Crippen molar-refractivity contribution in [2.24, 2.45) is 0 Å². The van der Waals surface area contributed by atoms with Gasteiger partial charge in [0.25, 0.3) is 0 Å². The Morgan fingerprint density at radius 1 is 1.24 bits per heavy atom. The summed E-state index contributed by atoms with van der Waals surface area (Å²) in [4.78, 5) is 6.18. The molecule has 0 saturated carbocycles. The van der Waals surface area contributed by atoms with Crippen LogP contribution >= 0.6 is 11.3 Å². The fourth-order valence-corrected chi connectivity index (χ4v) is 3.46. The van der Waals surface area contributed by atoms with E-state index < -0.39 is 0 Å². The summed E-state index contributed by atoms with van der Waals surface area (Å²) in [6.07, 6.45) is 3.57. The van der Waals surface area contributed by atoms with Crippen LogP contribution in [0.5, 0.6) is 0 Å². The maximum Gasteiger partial charge on any atom is 0.0962 e. The molecule has 0 aliphatic heterocycles. The molecule has 0 saturated heterocycles. The molecular weight excluding hydrogens is 228 g/mol. The molecule has 0 fully saturated rings. The Morgan fingerprint density at radius 2 is 1.88 bits per heavy atom. The van der Waals surface area contributed by atoms with Crippen molar-refractivity contribution in [2.45, 2.75) is 65.8 Å². The van der Waals surface area contributed by atoms with E-state index in [9.17, 15) is 0 Å². The molecule has 1 atom stereocenters. The molecule has 0 aromatic carbocycles. The van der Waals surface area contributed by atoms with Crippen molar-refractivity contribution in [2.75, 3.05) is 6.54 Å². The average Bonchev–Trinajstić information content (AvgIpc) is 2.70. The molecule has 0 spiro atoms. The first kappa shape index (κ1) is 14.7. The van der Waals surface area contributed by atoms with E-state index in [1.54, 1.807) is 0 Å². The van der Waals surface area contributed by atoms with Gasteiger partial charge in [-0.15, -0.1) is 11.3 Å². The van der Waals surface area contributed by atoms with Gasteiger partial charge in [0.2, 0.25) is 0 Å². The van der Waals surface area contributed by atoms with E-state index in [1.165, 1.54) is 34.8 Å². The van der Waals surface area contributed by atoms with Crippen LogP contribution in [0.2, 0.25) is 0 Å². The molecule has 0 aliphatic rings. The number of nitrogens with zero attached hydrogens (tertiary/aromatic N) is 1. The molecule has 0 radical (unpaired) electrons. The number of aryl methyl sites for hydroxylation is 1. The van der Waals surface area contributed by atoms with E-state index in [2.05, 4.69) is 39.9 Å². The van der Waals surface area contributed by atoms with Gasteiger partial charge in [-0.3, -0.25) is 0 Å². The number of hydrogen-bond acceptors (Lipinski definition) is 3. The molecule has 1 heterocycles. The lowest BCUT2D eigenvalue weighted by Crippen LogP contribution is -2.18. The Bertz CT molecular complexity index is 329. The predicted molar refractivity (Wildman–Crippen MR) is 76.9 cm³/mol. The normalized spacial score (nSPS) is 13.3. The summed E-state index contributed by atoms with van der Waals surface area (Å²) in [6.45, 7) is 12.2. The summed E-state index contributed by atoms with van der Waals surface area (Å²) in [5, 5.41) is 4.87. The van der Waals surface area contributed by atoms with Gasteiger partial charge in [0, 0.05) is 16.8 Å². The average molecular weight is 254 g/mol. The minimum absolute atomic E-state index is 0.440. The highest BCUT2D eigenvalue weighted by Crippen LogP contribution is 2.32. The molecule has 0 bridgehead atoms. The third-order valence-electron chi connectivity index (χ3n) is 3.28. The number of aromatic nitrogens is 1. The summed E-state index contributed by atoms with van der Waals surface area (Å²) < 4.78 is 0. The molecule has 1 N–H and O–H groups in total. The maximum atomic E-state index is 4.76. The van der Waals surface area contributed by atoms with Crippen LogP contribution in [0.4, 0.5) is 0 Å². The molecule has 17 heavy (non-hydrogen) atoms. The van der Waals surface area contributed by atoms with Crippen LogP contribution in [-0.4, -0.2) is 11.5 Å². The molecule has 1 aromatic rings. The molecule has 3 heteroatoms. The van der Waals surface area contributed by atoms with E-state index in [-0.39, 0.29) is 0 Å². The molecule has 1 rings (SSSR count). The monoisotopic (exact) mass is 254 g/mol. The second-order valence-electron chi connectivity index (χ2n) is 4.69. The van der Waals surface area contributed by atoms with Gasteiger partial charge in [-0.2, -0.15) is 0 Å². The first-order chi connectivity index (χ1) is 8.13. The Morgan fingerprint density at radius 3 is 2.41 bits per heavy atom. The third-order valence-corrected chi connectivity index (χ3v) is 4.78. The largest absolute Gasteiger partial charge is 0.309 e. The van der Waals surface area contributed by atoms with Crippen LogP contribution in [-0.2, 0) is 0 Å². The first-order valence-corrected chi connectivity index (χ1v) is 7.66. The minimum Gasteiger partial charge on any atom is -0.309 e. The van der Waals surface area contributed by atoms with Crippen molar-refractivity contribution in [3.63, 3.8) is 0 Å². The lowest BCUT2D eigenvalue weighted by atomic mass is 10.1. The minimum atomic E-state index is 0.440. The smallest absolute Gasteiger partial charge is 0.0962 e. The Labute approximate surface area is 110 Å². The van der Waals surface area contributed by atoms with Crippen molar-refractivity contribution >= 4 is 11.3 Å². The summed E-state index contributed by atoms with van der Waals surface area (Å²) in [5.74, 6) is 0.644. The van der Waals surface area contributed by atoms with Crippen LogP contribution in [0, 0.1) is 6.92 Å². The number of rotatable bonds is 7. The zero-order valence-electron chi connectivity index (χ0n) is 11.8. The Hall–Kier alpha value is -0.410. The molecular formula is C14H26N2S. The van der Waals surface area contributed by atoms with Gasteiger partial charge >= 0.3 is 0 Å². The van der Waals surface area contributed by atoms with Crippen molar-refractivity contribution in [3.8, 4) is 0 Å². The second kappa shape index (κ2) is 7.12. The van der Waals surface area contributed by atoms with E-state index in [1.807, 2.05) is 11.3 Å². The van der Waals surface area contributed by atoms with Crippen LogP contribution < -0.4 is 5.32 Å². The van der Waals surface area contributed by atoms with Crippen LogP contribution in [0.3, 0.4) is 0 Å². The van der Waals surface area contributed by atoms with Gasteiger partial charge in [0.05, 0.1) is 10.7 Å². The quantitative estimate of drug-likeness (QED) is 0.779. The van der Waals surface area contributed by atoms with E-state index in [0.717, 1.165) is 6.54 Å². The topological polar surface area (TPSA) is 24.9 Å². The molecule has 98 valence electrons. The van der Waals surface area contributed by atoms with Crippen molar-refractivity contribution in [1.29, 1.82) is 0 Å². The van der Waals surface area contributed by atoms with Gasteiger partial charge in [-0.05, 0) is 39.7 Å². The van der Waals surface area contributed by atoms with Crippen LogP contribution in [0.25, 0.3) is 0 Å². The molecule has 2 nitrogen and oxygen atoms in total. The fraction of sp³-hybridized carbons (Fsp3) is 0.786. The first-order valence-electron chi connectivity index (χ1n) is 6.84. The lowest BCUT2D eigenvalue weighted by molar-refractivity contribution is 0.575. The summed E-state index contributed by atoms with van der Waals surface area (Å²) in [6, 6.07) is 0.440. The summed E-state index contributed by atoms with van der Waals surface area (Å²) >= 11 is 1.90. The zero-order chi connectivity index (χ0) is 12.8. The van der Waals surface area contributed by atoms with Gasteiger partial charge in [0.1, 0.15) is 0 Å². The highest BCUT2D eigenvalue weighted by Gasteiger charge is 2.17. The van der Waals surface area contributed by atoms with Crippen molar-refractivity contribution < 1.29 is 0 Å². The standard InChI is InChI=1S/C14H26N2S/c1-6-9-15-10(4)13-11(5)16-14(17-13)12(7-2)8-3/h10,12,15H,6-9H2,1-5H3. The highest BCUT2D eigenvalue weighted by atomic mass is 32.1. The molecule has 1 aromatic heterocycles. The van der Waals surface area contributed by atoms with Gasteiger partial charge in [-0.25, -0.2) is 4.98 Å². The van der Waals surface area contributed by atoms with Crippen molar-refractivity contribution in [1.82, 2.24) is 10.3 Å². The number of nitrogens with one attached hydrogen (secondary N) is 1. The van der Waals surface area contributed by atoms with Crippen LogP contribution in [0.15, 0.2) is 0 Å². The molecule has 0 aliphatic carbocycles. The Balaban J connectivity index is 2.80. The summed E-state index contributed by atoms with van der Waals surface area (Å²) in [7, 11) is 0.